The predicted octanol–water partition coefficient (Wildman–Crippen LogP) is 3.72. The highest BCUT2D eigenvalue weighted by atomic mass is 16.5. The van der Waals surface area contributed by atoms with Crippen molar-refractivity contribution in [3.05, 3.63) is 94.0 Å². The van der Waals surface area contributed by atoms with E-state index in [1.165, 1.54) is 0 Å². The van der Waals surface area contributed by atoms with Gasteiger partial charge in [-0.1, -0.05) is 17.3 Å². The molecule has 2 aromatic heterocycles. The van der Waals surface area contributed by atoms with Crippen molar-refractivity contribution in [1.82, 2.24) is 15.0 Å². The largest absolute Gasteiger partial charge is 0.497 e. The van der Waals surface area contributed by atoms with Gasteiger partial charge >= 0.3 is 0 Å². The van der Waals surface area contributed by atoms with Crippen LogP contribution in [0.5, 0.6) is 5.75 Å². The van der Waals surface area contributed by atoms with Crippen molar-refractivity contribution in [2.45, 2.75) is 13.5 Å². The summed E-state index contributed by atoms with van der Waals surface area (Å²) in [6.07, 6.45) is 0. The number of carbonyl (C=O) groups is 2. The van der Waals surface area contributed by atoms with E-state index in [9.17, 15) is 14.4 Å². The van der Waals surface area contributed by atoms with Crippen molar-refractivity contribution in [2.75, 3.05) is 12.4 Å². The summed E-state index contributed by atoms with van der Waals surface area (Å²) in [5.74, 6) is 0.182. The lowest BCUT2D eigenvalue weighted by molar-refractivity contribution is -0.117. The molecule has 9 nitrogen and oxygen atoms in total. The minimum absolute atomic E-state index is 0.228. The van der Waals surface area contributed by atoms with Gasteiger partial charge < -0.3 is 14.5 Å². The summed E-state index contributed by atoms with van der Waals surface area (Å²) in [4.78, 5) is 38.1. The Morgan fingerprint density at radius 3 is 2.57 bits per heavy atom. The summed E-state index contributed by atoms with van der Waals surface area (Å²) in [5, 5.41) is 11.7. The Kier molecular flexibility index (Phi) is 5.58. The number of benzene rings is 3. The monoisotopic (exact) mass is 468 g/mol. The van der Waals surface area contributed by atoms with E-state index < -0.39 is 11.5 Å². The molecule has 0 aliphatic heterocycles. The average Bonchev–Trinajstić information content (AvgIpc) is 3.21. The zero-order valence-corrected chi connectivity index (χ0v) is 18.9. The van der Waals surface area contributed by atoms with Crippen LogP contribution in [0.1, 0.15) is 21.7 Å². The van der Waals surface area contributed by atoms with E-state index in [1.807, 2.05) is 6.92 Å². The fraction of sp³-hybridized carbons (Fsp3) is 0.115. The third-order valence-electron chi connectivity index (χ3n) is 5.70. The number of nitrogens with one attached hydrogen (secondary N) is 1. The quantitative estimate of drug-likeness (QED) is 0.378. The molecule has 0 bridgehead atoms. The highest BCUT2D eigenvalue weighted by Crippen LogP contribution is 2.29. The van der Waals surface area contributed by atoms with Crippen molar-refractivity contribution in [3.8, 4) is 5.75 Å². The smallest absolute Gasteiger partial charge is 0.278 e. The van der Waals surface area contributed by atoms with Gasteiger partial charge in [-0.3, -0.25) is 14.4 Å². The summed E-state index contributed by atoms with van der Waals surface area (Å²) < 4.78 is 12.0. The van der Waals surface area contributed by atoms with Crippen LogP contribution in [0, 0.1) is 6.92 Å². The van der Waals surface area contributed by atoms with Gasteiger partial charge in [0.2, 0.25) is 11.7 Å². The first-order valence-corrected chi connectivity index (χ1v) is 10.8. The lowest BCUT2D eigenvalue weighted by Crippen LogP contribution is -2.30. The van der Waals surface area contributed by atoms with E-state index in [0.717, 1.165) is 10.1 Å². The van der Waals surface area contributed by atoms with Gasteiger partial charge in [-0.05, 0) is 55.5 Å². The number of amides is 1. The van der Waals surface area contributed by atoms with Crippen LogP contribution in [0.25, 0.3) is 21.9 Å². The Balaban J connectivity index is 1.37. The molecule has 1 N–H and O–H groups in total. The van der Waals surface area contributed by atoms with Gasteiger partial charge in [-0.25, -0.2) is 4.68 Å². The lowest BCUT2D eigenvalue weighted by Gasteiger charge is -2.07. The fourth-order valence-corrected chi connectivity index (χ4v) is 3.86. The molecule has 2 heterocycles. The topological polar surface area (TPSA) is 116 Å². The Hall–Kier alpha value is -4.79. The maximum Gasteiger partial charge on any atom is 0.278 e. The number of hydrogen-bond donors (Lipinski definition) is 1. The third-order valence-corrected chi connectivity index (χ3v) is 5.70. The first-order chi connectivity index (χ1) is 16.9. The van der Waals surface area contributed by atoms with Crippen LogP contribution in [0.4, 0.5) is 5.69 Å². The van der Waals surface area contributed by atoms with E-state index in [0.29, 0.717) is 39.0 Å². The summed E-state index contributed by atoms with van der Waals surface area (Å²) in [5.41, 5.74) is 2.17. The van der Waals surface area contributed by atoms with Gasteiger partial charge in [0.05, 0.1) is 12.5 Å². The number of methoxy groups -OCH3 is 1. The molecule has 0 aliphatic rings. The predicted molar refractivity (Wildman–Crippen MR) is 130 cm³/mol. The molecule has 5 rings (SSSR count). The molecule has 0 atom stereocenters. The maximum atomic E-state index is 13.0. The Morgan fingerprint density at radius 2 is 1.80 bits per heavy atom. The fourth-order valence-electron chi connectivity index (χ4n) is 3.86. The molecule has 5 aromatic rings. The van der Waals surface area contributed by atoms with Crippen LogP contribution in [0.2, 0.25) is 0 Å². The number of carbonyl (C=O) groups excluding carboxylic acids is 2. The second-order valence-electron chi connectivity index (χ2n) is 7.94. The molecule has 35 heavy (non-hydrogen) atoms. The van der Waals surface area contributed by atoms with E-state index in [-0.39, 0.29) is 18.1 Å². The number of ether oxygens (including phenoxy) is 1. The molecule has 0 spiro atoms. The second kappa shape index (κ2) is 8.86. The number of rotatable bonds is 6. The number of hydrogen-bond acceptors (Lipinski definition) is 7. The zero-order chi connectivity index (χ0) is 24.5. The summed E-state index contributed by atoms with van der Waals surface area (Å²) in [7, 11) is 1.56. The number of aromatic nitrogens is 3. The lowest BCUT2D eigenvalue weighted by atomic mass is 10.0. The van der Waals surface area contributed by atoms with Gasteiger partial charge in [0, 0.05) is 28.3 Å². The number of fused-ring (bicyclic) bond motifs is 2. The molecule has 1 amide bonds. The molecule has 0 fully saturated rings. The van der Waals surface area contributed by atoms with Crippen molar-refractivity contribution in [1.29, 1.82) is 0 Å². The van der Waals surface area contributed by atoms with Crippen LogP contribution in [-0.2, 0) is 11.3 Å². The van der Waals surface area contributed by atoms with Gasteiger partial charge in [0.1, 0.15) is 23.4 Å². The van der Waals surface area contributed by atoms with Crippen molar-refractivity contribution in [3.63, 3.8) is 0 Å². The highest BCUT2D eigenvalue weighted by molar-refractivity contribution is 6.10. The molecule has 0 saturated carbocycles. The minimum atomic E-state index is -0.450. The first-order valence-electron chi connectivity index (χ1n) is 10.8. The molecule has 0 radical (unpaired) electrons. The summed E-state index contributed by atoms with van der Waals surface area (Å²) in [6.45, 7) is 1.51. The standard InChI is InChI=1S/C26H20N4O5/c1-15-19-12-9-17(13-22(19)35-25(15)24(32)16-7-10-18(34-2)11-8-16)27-23(31)14-30-26(33)20-5-3-4-6-21(20)28-29-30/h3-13H,14H2,1-2H3,(H,27,31). The van der Waals surface area contributed by atoms with Crippen LogP contribution in [0.3, 0.4) is 0 Å². The molecule has 174 valence electrons. The van der Waals surface area contributed by atoms with Crippen LogP contribution >= 0.6 is 0 Å². The van der Waals surface area contributed by atoms with Crippen LogP contribution < -0.4 is 15.6 Å². The average molecular weight is 468 g/mol. The molecule has 0 unspecified atom stereocenters. The molecular weight excluding hydrogens is 448 g/mol. The van der Waals surface area contributed by atoms with Gasteiger partial charge in [0.25, 0.3) is 5.56 Å². The summed E-state index contributed by atoms with van der Waals surface area (Å²) >= 11 is 0. The van der Waals surface area contributed by atoms with Crippen LogP contribution in [-0.4, -0.2) is 33.8 Å². The first kappa shape index (κ1) is 22.0. The van der Waals surface area contributed by atoms with Gasteiger partial charge in [0.15, 0.2) is 5.76 Å². The van der Waals surface area contributed by atoms with E-state index in [1.54, 1.807) is 73.8 Å². The number of anilines is 1. The molecule has 0 aliphatic carbocycles. The second-order valence-corrected chi connectivity index (χ2v) is 7.94. The molecule has 0 saturated heterocycles. The normalized spacial score (nSPS) is 11.0. The van der Waals surface area contributed by atoms with Gasteiger partial charge in [-0.15, -0.1) is 5.10 Å². The maximum absolute atomic E-state index is 13.0. The molecule has 3 aromatic carbocycles. The molecule has 9 heteroatoms. The SMILES string of the molecule is COc1ccc(C(=O)c2oc3cc(NC(=O)Cn4nnc5ccccc5c4=O)ccc3c2C)cc1. The van der Waals surface area contributed by atoms with Gasteiger partial charge in [-0.2, -0.15) is 0 Å². The Bertz CT molecular complexity index is 1650. The van der Waals surface area contributed by atoms with E-state index in [4.69, 9.17) is 9.15 Å². The number of nitrogens with zero attached hydrogens (tertiary/aromatic N) is 3. The van der Waals surface area contributed by atoms with Crippen molar-refractivity contribution < 1.29 is 18.7 Å². The Morgan fingerprint density at radius 1 is 1.03 bits per heavy atom. The van der Waals surface area contributed by atoms with E-state index in [2.05, 4.69) is 15.6 Å². The van der Waals surface area contributed by atoms with Crippen molar-refractivity contribution in [2.24, 2.45) is 0 Å². The highest BCUT2D eigenvalue weighted by Gasteiger charge is 2.20. The minimum Gasteiger partial charge on any atom is -0.497 e. The molecular formula is C26H20N4O5. The third kappa shape index (κ3) is 4.15. The summed E-state index contributed by atoms with van der Waals surface area (Å²) in [6, 6.07) is 18.7. The Labute approximate surface area is 198 Å². The zero-order valence-electron chi connectivity index (χ0n) is 18.9. The number of furan rings is 1. The number of ketones is 1. The van der Waals surface area contributed by atoms with E-state index >= 15 is 0 Å². The van der Waals surface area contributed by atoms with Crippen LogP contribution in [0.15, 0.2) is 75.9 Å². The van der Waals surface area contributed by atoms with Crippen molar-refractivity contribution >= 4 is 39.2 Å². The number of aryl methyl sites for hydroxylation is 1.